The summed E-state index contributed by atoms with van der Waals surface area (Å²) in [7, 11) is 0. The van der Waals surface area contributed by atoms with E-state index in [2.05, 4.69) is 70.8 Å². The summed E-state index contributed by atoms with van der Waals surface area (Å²) >= 11 is 0. The van der Waals surface area contributed by atoms with Crippen LogP contribution in [0, 0.1) is 6.92 Å². The molecule has 2 fully saturated rings. The highest BCUT2D eigenvalue weighted by atomic mass is 16.3. The fourth-order valence-corrected chi connectivity index (χ4v) is 5.22. The van der Waals surface area contributed by atoms with Crippen LogP contribution in [0.4, 0.5) is 17.6 Å². The Hall–Kier alpha value is -3.19. The first kappa shape index (κ1) is 22.6. The van der Waals surface area contributed by atoms with Crippen LogP contribution in [0.25, 0.3) is 11.3 Å². The van der Waals surface area contributed by atoms with Crippen LogP contribution in [0.2, 0.25) is 0 Å². The summed E-state index contributed by atoms with van der Waals surface area (Å²) in [5.41, 5.74) is 4.05. The molecule has 1 N–H and O–H groups in total. The fourth-order valence-electron chi connectivity index (χ4n) is 5.22. The van der Waals surface area contributed by atoms with E-state index in [0.29, 0.717) is 6.04 Å². The molecule has 2 aromatic heterocycles. The molecule has 2 aliphatic heterocycles. The van der Waals surface area contributed by atoms with Gasteiger partial charge >= 0.3 is 0 Å². The number of aliphatic hydroxyl groups excluding tert-OH is 1. The van der Waals surface area contributed by atoms with Crippen molar-refractivity contribution in [2.45, 2.75) is 52.3 Å². The average molecular weight is 459 g/mol. The molecular formula is C27H34N6O. The minimum Gasteiger partial charge on any atom is -0.392 e. The molecule has 1 aromatic carbocycles. The van der Waals surface area contributed by atoms with Gasteiger partial charge in [0.2, 0.25) is 5.95 Å². The highest BCUT2D eigenvalue weighted by Crippen LogP contribution is 2.31. The zero-order valence-corrected chi connectivity index (χ0v) is 20.4. The van der Waals surface area contributed by atoms with Crippen molar-refractivity contribution in [3.63, 3.8) is 0 Å². The van der Waals surface area contributed by atoms with E-state index < -0.39 is 0 Å². The van der Waals surface area contributed by atoms with E-state index >= 15 is 0 Å². The standard InChI is InChI=1S/C27H34N6O/c1-19-14-22(18-34)16-28-26(19)31-12-13-32(21(3)17-31)25-15-24(23-9-5-4-6-10-23)29-27(30-25)33-11-7-8-20(33)2/h4-6,9-10,14-16,20-21,34H,7-8,11-13,17-18H2,1-3H3. The molecule has 0 spiro atoms. The summed E-state index contributed by atoms with van der Waals surface area (Å²) < 4.78 is 0. The van der Waals surface area contributed by atoms with Crippen molar-refractivity contribution >= 4 is 17.6 Å². The Balaban J connectivity index is 1.44. The van der Waals surface area contributed by atoms with Crippen LogP contribution in [0.5, 0.6) is 0 Å². The Labute approximate surface area is 202 Å². The fraction of sp³-hybridized carbons (Fsp3) is 0.444. The molecule has 0 saturated carbocycles. The van der Waals surface area contributed by atoms with Crippen LogP contribution in [0.15, 0.2) is 48.7 Å². The van der Waals surface area contributed by atoms with Crippen LogP contribution < -0.4 is 14.7 Å². The van der Waals surface area contributed by atoms with E-state index in [9.17, 15) is 5.11 Å². The smallest absolute Gasteiger partial charge is 0.228 e. The monoisotopic (exact) mass is 458 g/mol. The van der Waals surface area contributed by atoms with E-state index in [4.69, 9.17) is 9.97 Å². The van der Waals surface area contributed by atoms with E-state index in [-0.39, 0.29) is 12.6 Å². The second-order valence-electron chi connectivity index (χ2n) is 9.59. The number of hydrogen-bond acceptors (Lipinski definition) is 7. The second-order valence-corrected chi connectivity index (χ2v) is 9.59. The van der Waals surface area contributed by atoms with Crippen molar-refractivity contribution in [1.29, 1.82) is 0 Å². The number of pyridine rings is 1. The van der Waals surface area contributed by atoms with E-state index in [0.717, 1.165) is 66.1 Å². The zero-order chi connectivity index (χ0) is 23.7. The lowest BCUT2D eigenvalue weighted by Crippen LogP contribution is -2.53. The average Bonchev–Trinajstić information content (AvgIpc) is 3.30. The molecule has 3 aromatic rings. The maximum atomic E-state index is 9.41. The molecule has 0 aliphatic carbocycles. The summed E-state index contributed by atoms with van der Waals surface area (Å²) in [6.45, 7) is 10.2. The molecule has 7 heteroatoms. The number of aryl methyl sites for hydroxylation is 1. The van der Waals surface area contributed by atoms with Crippen LogP contribution in [0.1, 0.15) is 37.8 Å². The van der Waals surface area contributed by atoms with Crippen molar-refractivity contribution in [2.75, 3.05) is 40.9 Å². The van der Waals surface area contributed by atoms with Gasteiger partial charge in [0, 0.05) is 56.1 Å². The van der Waals surface area contributed by atoms with E-state index in [1.54, 1.807) is 6.20 Å². The molecule has 5 rings (SSSR count). The van der Waals surface area contributed by atoms with Gasteiger partial charge in [0.15, 0.2) is 0 Å². The highest BCUT2D eigenvalue weighted by Gasteiger charge is 2.29. The number of piperazine rings is 1. The van der Waals surface area contributed by atoms with Gasteiger partial charge in [-0.3, -0.25) is 0 Å². The van der Waals surface area contributed by atoms with Gasteiger partial charge in [0.1, 0.15) is 11.6 Å². The number of rotatable bonds is 5. The minimum absolute atomic E-state index is 0.0216. The van der Waals surface area contributed by atoms with E-state index in [1.165, 1.54) is 12.8 Å². The Kier molecular flexibility index (Phi) is 6.37. The summed E-state index contributed by atoms with van der Waals surface area (Å²) in [5, 5.41) is 9.41. The molecule has 2 unspecified atom stereocenters. The van der Waals surface area contributed by atoms with Crippen molar-refractivity contribution in [2.24, 2.45) is 0 Å². The maximum absolute atomic E-state index is 9.41. The summed E-state index contributed by atoms with van der Waals surface area (Å²) in [6, 6.07) is 15.3. The zero-order valence-electron chi connectivity index (χ0n) is 20.4. The lowest BCUT2D eigenvalue weighted by molar-refractivity contribution is 0.281. The highest BCUT2D eigenvalue weighted by molar-refractivity contribution is 5.66. The minimum atomic E-state index is 0.0216. The first-order valence-electron chi connectivity index (χ1n) is 12.3. The third-order valence-electron chi connectivity index (χ3n) is 7.09. The van der Waals surface area contributed by atoms with Crippen LogP contribution in [-0.2, 0) is 6.61 Å². The molecular weight excluding hydrogens is 424 g/mol. The predicted octanol–water partition coefficient (Wildman–Crippen LogP) is 4.04. The number of nitrogens with zero attached hydrogens (tertiary/aromatic N) is 6. The number of aromatic nitrogens is 3. The first-order valence-corrected chi connectivity index (χ1v) is 12.3. The third kappa shape index (κ3) is 4.44. The van der Waals surface area contributed by atoms with Gasteiger partial charge in [0.05, 0.1) is 12.3 Å². The Morgan fingerprint density at radius 2 is 1.79 bits per heavy atom. The number of benzene rings is 1. The van der Waals surface area contributed by atoms with Gasteiger partial charge < -0.3 is 19.8 Å². The maximum Gasteiger partial charge on any atom is 0.228 e. The van der Waals surface area contributed by atoms with Gasteiger partial charge in [0.25, 0.3) is 0 Å². The van der Waals surface area contributed by atoms with Gasteiger partial charge in [-0.1, -0.05) is 30.3 Å². The lowest BCUT2D eigenvalue weighted by Gasteiger charge is -2.41. The third-order valence-corrected chi connectivity index (χ3v) is 7.09. The summed E-state index contributed by atoms with van der Waals surface area (Å²) in [4.78, 5) is 21.8. The number of hydrogen-bond donors (Lipinski definition) is 1. The quantitative estimate of drug-likeness (QED) is 0.619. The van der Waals surface area contributed by atoms with Gasteiger partial charge in [-0.25, -0.2) is 9.97 Å². The van der Waals surface area contributed by atoms with Crippen molar-refractivity contribution in [3.8, 4) is 11.3 Å². The second kappa shape index (κ2) is 9.58. The Morgan fingerprint density at radius 3 is 2.47 bits per heavy atom. The molecule has 0 radical (unpaired) electrons. The van der Waals surface area contributed by atoms with Crippen molar-refractivity contribution in [1.82, 2.24) is 15.0 Å². The predicted molar refractivity (Wildman–Crippen MR) is 137 cm³/mol. The Morgan fingerprint density at radius 1 is 0.971 bits per heavy atom. The van der Waals surface area contributed by atoms with Gasteiger partial charge in [-0.05, 0) is 50.8 Å². The topological polar surface area (TPSA) is 68.6 Å². The molecule has 2 saturated heterocycles. The normalized spacial score (nSPS) is 20.8. The lowest BCUT2D eigenvalue weighted by atomic mass is 10.1. The number of anilines is 3. The molecule has 34 heavy (non-hydrogen) atoms. The van der Waals surface area contributed by atoms with E-state index in [1.807, 2.05) is 12.1 Å². The number of aliphatic hydroxyl groups is 1. The molecule has 178 valence electrons. The molecule has 7 nitrogen and oxygen atoms in total. The molecule has 0 amide bonds. The van der Waals surface area contributed by atoms with Crippen molar-refractivity contribution < 1.29 is 5.11 Å². The SMILES string of the molecule is Cc1cc(CO)cnc1N1CCN(c2cc(-c3ccccc3)nc(N3CCCC3C)n2)C(C)C1. The van der Waals surface area contributed by atoms with Crippen molar-refractivity contribution in [3.05, 3.63) is 59.8 Å². The summed E-state index contributed by atoms with van der Waals surface area (Å²) in [6.07, 6.45) is 4.15. The largest absolute Gasteiger partial charge is 0.392 e. The molecule has 2 atom stereocenters. The molecule has 4 heterocycles. The molecule has 0 bridgehead atoms. The van der Waals surface area contributed by atoms with Gasteiger partial charge in [-0.15, -0.1) is 0 Å². The van der Waals surface area contributed by atoms with Gasteiger partial charge in [-0.2, -0.15) is 4.98 Å². The first-order chi connectivity index (χ1) is 16.5. The van der Waals surface area contributed by atoms with Crippen LogP contribution in [-0.4, -0.2) is 58.3 Å². The summed E-state index contributed by atoms with van der Waals surface area (Å²) in [5.74, 6) is 2.84. The molecule has 2 aliphatic rings. The Bertz CT molecular complexity index is 1140. The van der Waals surface area contributed by atoms with Crippen LogP contribution >= 0.6 is 0 Å². The van der Waals surface area contributed by atoms with Crippen LogP contribution in [0.3, 0.4) is 0 Å².